The first-order valence-corrected chi connectivity index (χ1v) is 8.76. The molecule has 4 nitrogen and oxygen atoms in total. The lowest BCUT2D eigenvalue weighted by molar-refractivity contribution is 0.201. The number of urea groups is 1. The first-order valence-electron chi connectivity index (χ1n) is 8.76. The predicted molar refractivity (Wildman–Crippen MR) is 106 cm³/mol. The molecule has 3 N–H and O–H groups in total. The Hall–Kier alpha value is -3.41. The fourth-order valence-corrected chi connectivity index (χ4v) is 2.93. The fraction of sp³-hybridized carbons (Fsp3) is 0.136. The number of nitrogens with zero attached hydrogens (tertiary/aromatic N) is 1. The Labute approximate surface area is 162 Å². The summed E-state index contributed by atoms with van der Waals surface area (Å²) in [6, 6.07) is 10.5. The van der Waals surface area contributed by atoms with Gasteiger partial charge in [0.05, 0.1) is 17.9 Å². The third-order valence-electron chi connectivity index (χ3n) is 4.63. The molecule has 0 fully saturated rings. The molecule has 0 saturated carbocycles. The molecule has 0 atom stereocenters. The van der Waals surface area contributed by atoms with E-state index in [0.29, 0.717) is 12.1 Å². The van der Waals surface area contributed by atoms with E-state index in [0.717, 1.165) is 16.7 Å². The molecule has 1 aliphatic rings. The Morgan fingerprint density at radius 3 is 2.54 bits per heavy atom. The molecular formula is C22H21F2N3O. The summed E-state index contributed by atoms with van der Waals surface area (Å²) in [5.41, 5.74) is 9.60. The van der Waals surface area contributed by atoms with Crippen molar-refractivity contribution < 1.29 is 13.6 Å². The number of carbonyl (C=O) groups is 1. The van der Waals surface area contributed by atoms with Crippen LogP contribution in [0.5, 0.6) is 0 Å². The topological polar surface area (TPSA) is 58.4 Å². The number of nitrogens with one attached hydrogen (secondary N) is 1. The third kappa shape index (κ3) is 4.28. The molecule has 1 aliphatic heterocycles. The maximum absolute atomic E-state index is 13.8. The normalized spacial score (nSPS) is 14.0. The Kier molecular flexibility index (Phi) is 5.59. The van der Waals surface area contributed by atoms with Gasteiger partial charge in [-0.1, -0.05) is 36.9 Å². The SMILES string of the molecule is C=C(NC(=O)N1Cc2cccc(F)c2C1)/C(N)=C\C=C(/C)c1ccc(F)cc1. The highest BCUT2D eigenvalue weighted by Gasteiger charge is 2.25. The third-order valence-corrected chi connectivity index (χ3v) is 4.63. The van der Waals surface area contributed by atoms with E-state index >= 15 is 0 Å². The Morgan fingerprint density at radius 2 is 1.86 bits per heavy atom. The molecule has 2 aromatic carbocycles. The van der Waals surface area contributed by atoms with Gasteiger partial charge in [0.25, 0.3) is 0 Å². The average molecular weight is 381 g/mol. The Balaban J connectivity index is 1.62. The number of nitrogens with two attached hydrogens (primary N) is 1. The Bertz CT molecular complexity index is 978. The summed E-state index contributed by atoms with van der Waals surface area (Å²) in [5.74, 6) is -0.612. The number of amides is 2. The van der Waals surface area contributed by atoms with Crippen LogP contribution in [0.1, 0.15) is 23.6 Å². The molecule has 0 aromatic heterocycles. The summed E-state index contributed by atoms with van der Waals surface area (Å²) in [4.78, 5) is 13.9. The zero-order chi connectivity index (χ0) is 20.3. The van der Waals surface area contributed by atoms with Crippen molar-refractivity contribution in [2.75, 3.05) is 0 Å². The van der Waals surface area contributed by atoms with Crippen molar-refractivity contribution in [3.05, 3.63) is 101 Å². The summed E-state index contributed by atoms with van der Waals surface area (Å²) in [7, 11) is 0. The molecule has 2 aromatic rings. The molecule has 0 radical (unpaired) electrons. The van der Waals surface area contributed by atoms with Crippen molar-refractivity contribution in [3.8, 4) is 0 Å². The monoisotopic (exact) mass is 381 g/mol. The number of benzene rings is 2. The highest BCUT2D eigenvalue weighted by Crippen LogP contribution is 2.25. The molecule has 1 heterocycles. The van der Waals surface area contributed by atoms with Gasteiger partial charge in [-0.15, -0.1) is 0 Å². The van der Waals surface area contributed by atoms with Crippen LogP contribution in [0.25, 0.3) is 5.57 Å². The van der Waals surface area contributed by atoms with E-state index in [1.54, 1.807) is 36.4 Å². The highest BCUT2D eigenvalue weighted by atomic mass is 19.1. The molecule has 2 amide bonds. The summed E-state index contributed by atoms with van der Waals surface area (Å²) >= 11 is 0. The van der Waals surface area contributed by atoms with Crippen LogP contribution in [0.2, 0.25) is 0 Å². The lowest BCUT2D eigenvalue weighted by atomic mass is 10.1. The van der Waals surface area contributed by atoms with Crippen LogP contribution in [0, 0.1) is 11.6 Å². The molecule has 144 valence electrons. The van der Waals surface area contributed by atoms with E-state index in [1.165, 1.54) is 23.1 Å². The van der Waals surface area contributed by atoms with Crippen LogP contribution in [0.3, 0.4) is 0 Å². The van der Waals surface area contributed by atoms with Gasteiger partial charge < -0.3 is 16.0 Å². The molecule has 6 heteroatoms. The zero-order valence-corrected chi connectivity index (χ0v) is 15.5. The van der Waals surface area contributed by atoms with Gasteiger partial charge in [-0.25, -0.2) is 13.6 Å². The fourth-order valence-electron chi connectivity index (χ4n) is 2.93. The maximum Gasteiger partial charge on any atom is 0.322 e. The lowest BCUT2D eigenvalue weighted by Crippen LogP contribution is -2.36. The number of rotatable bonds is 4. The van der Waals surface area contributed by atoms with Crippen LogP contribution in [-0.2, 0) is 13.1 Å². The van der Waals surface area contributed by atoms with Gasteiger partial charge in [0, 0.05) is 12.1 Å². The van der Waals surface area contributed by atoms with Gasteiger partial charge in [0.1, 0.15) is 11.6 Å². The first-order chi connectivity index (χ1) is 13.3. The average Bonchev–Trinajstić information content (AvgIpc) is 3.12. The van der Waals surface area contributed by atoms with E-state index in [2.05, 4.69) is 11.9 Å². The van der Waals surface area contributed by atoms with Gasteiger partial charge in [-0.2, -0.15) is 0 Å². The van der Waals surface area contributed by atoms with Gasteiger partial charge in [-0.05, 0) is 47.9 Å². The van der Waals surface area contributed by atoms with E-state index in [9.17, 15) is 13.6 Å². The predicted octanol–water partition coefficient (Wildman–Crippen LogP) is 4.45. The van der Waals surface area contributed by atoms with Crippen molar-refractivity contribution >= 4 is 11.6 Å². The molecule has 0 unspecified atom stereocenters. The standard InChI is InChI=1S/C22H21F2N3O/c1-14(16-7-9-18(23)10-8-16)6-11-21(25)15(2)26-22(28)27-12-17-4-3-5-20(24)19(17)13-27/h3-11H,2,12-13,25H2,1H3,(H,26,28)/b14-6+,21-11+. The summed E-state index contributed by atoms with van der Waals surface area (Å²) in [6.45, 7) is 6.19. The van der Waals surface area contributed by atoms with Crippen molar-refractivity contribution in [1.82, 2.24) is 10.2 Å². The maximum atomic E-state index is 13.8. The molecule has 3 rings (SSSR count). The van der Waals surface area contributed by atoms with Gasteiger partial charge in [0.15, 0.2) is 0 Å². The number of halogens is 2. The molecule has 0 aliphatic carbocycles. The van der Waals surface area contributed by atoms with E-state index in [-0.39, 0.29) is 29.6 Å². The van der Waals surface area contributed by atoms with Crippen LogP contribution in [0.4, 0.5) is 13.6 Å². The van der Waals surface area contributed by atoms with Crippen LogP contribution >= 0.6 is 0 Å². The number of hydrogen-bond donors (Lipinski definition) is 2. The Morgan fingerprint density at radius 1 is 1.14 bits per heavy atom. The molecular weight excluding hydrogens is 360 g/mol. The lowest BCUT2D eigenvalue weighted by Gasteiger charge is -2.17. The van der Waals surface area contributed by atoms with Crippen LogP contribution < -0.4 is 11.1 Å². The largest absolute Gasteiger partial charge is 0.397 e. The van der Waals surface area contributed by atoms with Gasteiger partial charge >= 0.3 is 6.03 Å². The van der Waals surface area contributed by atoms with E-state index in [1.807, 2.05) is 6.92 Å². The summed E-state index contributed by atoms with van der Waals surface area (Å²) in [6.07, 6.45) is 3.39. The van der Waals surface area contributed by atoms with Crippen molar-refractivity contribution in [3.63, 3.8) is 0 Å². The summed E-state index contributed by atoms with van der Waals surface area (Å²) < 4.78 is 26.8. The second kappa shape index (κ2) is 8.08. The number of hydrogen-bond acceptors (Lipinski definition) is 2. The van der Waals surface area contributed by atoms with Gasteiger partial charge in [-0.3, -0.25) is 0 Å². The van der Waals surface area contributed by atoms with Crippen molar-refractivity contribution in [1.29, 1.82) is 0 Å². The molecule has 0 saturated heterocycles. The first kappa shape index (κ1) is 19.4. The number of allylic oxidation sites excluding steroid dienone is 3. The van der Waals surface area contributed by atoms with Crippen molar-refractivity contribution in [2.45, 2.75) is 20.0 Å². The summed E-state index contributed by atoms with van der Waals surface area (Å²) in [5, 5.41) is 2.64. The minimum absolute atomic E-state index is 0.203. The minimum atomic E-state index is -0.392. The van der Waals surface area contributed by atoms with Crippen LogP contribution in [0.15, 0.2) is 72.6 Å². The van der Waals surface area contributed by atoms with Crippen LogP contribution in [-0.4, -0.2) is 10.9 Å². The second-order valence-corrected chi connectivity index (χ2v) is 6.62. The minimum Gasteiger partial charge on any atom is -0.397 e. The molecule has 0 spiro atoms. The zero-order valence-electron chi connectivity index (χ0n) is 15.5. The molecule has 0 bridgehead atoms. The smallest absolute Gasteiger partial charge is 0.322 e. The highest BCUT2D eigenvalue weighted by molar-refractivity contribution is 5.77. The number of fused-ring (bicyclic) bond motifs is 1. The van der Waals surface area contributed by atoms with Crippen molar-refractivity contribution in [2.24, 2.45) is 5.73 Å². The molecule has 28 heavy (non-hydrogen) atoms. The quantitative estimate of drug-likeness (QED) is 0.769. The van der Waals surface area contributed by atoms with E-state index in [4.69, 9.17) is 5.73 Å². The second-order valence-electron chi connectivity index (χ2n) is 6.62. The van der Waals surface area contributed by atoms with E-state index < -0.39 is 6.03 Å². The van der Waals surface area contributed by atoms with Gasteiger partial charge in [0.2, 0.25) is 0 Å². The number of carbonyl (C=O) groups excluding carboxylic acids is 1.